The lowest BCUT2D eigenvalue weighted by atomic mass is 10.1. The second-order valence-corrected chi connectivity index (χ2v) is 5.07. The lowest BCUT2D eigenvalue weighted by Crippen LogP contribution is -1.91. The summed E-state index contributed by atoms with van der Waals surface area (Å²) in [6, 6.07) is 26.7. The molecule has 0 aliphatic heterocycles. The van der Waals surface area contributed by atoms with E-state index >= 15 is 0 Å². The minimum atomic E-state index is 0.942. The van der Waals surface area contributed by atoms with E-state index in [0.717, 1.165) is 16.3 Å². The van der Waals surface area contributed by atoms with E-state index in [9.17, 15) is 0 Å². The highest BCUT2D eigenvalue weighted by Gasteiger charge is 2.01. The van der Waals surface area contributed by atoms with Gasteiger partial charge in [-0.15, -0.1) is 12.6 Å². The molecular weight excluding hydrogens is 262 g/mol. The molecule has 3 rings (SSSR count). The van der Waals surface area contributed by atoms with E-state index in [-0.39, 0.29) is 0 Å². The lowest BCUT2D eigenvalue weighted by Gasteiger charge is -2.10. The quantitative estimate of drug-likeness (QED) is 0.612. The lowest BCUT2D eigenvalue weighted by molar-refractivity contribution is 1.42. The van der Waals surface area contributed by atoms with Crippen LogP contribution >= 0.6 is 12.6 Å². The Hall–Kier alpha value is -2.19. The average Bonchev–Trinajstić information content (AvgIpc) is 2.51. The van der Waals surface area contributed by atoms with Crippen LogP contribution in [-0.2, 0) is 0 Å². The Labute approximate surface area is 124 Å². The number of benzene rings is 3. The zero-order valence-corrected chi connectivity index (χ0v) is 11.8. The molecule has 0 heterocycles. The number of anilines is 2. The first-order chi connectivity index (χ1) is 9.83. The summed E-state index contributed by atoms with van der Waals surface area (Å²) in [6.07, 6.45) is 0. The number of nitrogens with one attached hydrogen (secondary N) is 1. The van der Waals surface area contributed by atoms with Gasteiger partial charge >= 0.3 is 0 Å². The van der Waals surface area contributed by atoms with E-state index in [1.807, 2.05) is 30.3 Å². The average molecular weight is 277 g/mol. The van der Waals surface area contributed by atoms with Crippen LogP contribution in [0.5, 0.6) is 0 Å². The first kappa shape index (κ1) is 12.8. The Bertz CT molecular complexity index is 707. The molecule has 0 amide bonds. The predicted molar refractivity (Wildman–Crippen MR) is 88.9 cm³/mol. The fourth-order valence-corrected chi connectivity index (χ4v) is 2.36. The summed E-state index contributed by atoms with van der Waals surface area (Å²) in [5.74, 6) is 0. The monoisotopic (exact) mass is 277 g/mol. The van der Waals surface area contributed by atoms with Gasteiger partial charge in [-0.3, -0.25) is 0 Å². The van der Waals surface area contributed by atoms with Crippen molar-refractivity contribution >= 4 is 24.0 Å². The number of rotatable bonds is 3. The molecule has 0 aliphatic rings. The number of thiol groups is 1. The molecule has 0 saturated carbocycles. The van der Waals surface area contributed by atoms with Gasteiger partial charge in [0.25, 0.3) is 0 Å². The maximum atomic E-state index is 4.46. The molecule has 0 bridgehead atoms. The van der Waals surface area contributed by atoms with Gasteiger partial charge < -0.3 is 5.32 Å². The molecule has 0 fully saturated rings. The molecule has 0 atom stereocenters. The summed E-state index contributed by atoms with van der Waals surface area (Å²) in [6.45, 7) is 0. The second kappa shape index (κ2) is 5.85. The highest BCUT2D eigenvalue weighted by Crippen LogP contribution is 2.27. The van der Waals surface area contributed by atoms with Crippen LogP contribution in [0.2, 0.25) is 0 Å². The topological polar surface area (TPSA) is 12.0 Å². The fraction of sp³-hybridized carbons (Fsp3) is 0. The van der Waals surface area contributed by atoms with Crippen molar-refractivity contribution in [3.8, 4) is 11.1 Å². The predicted octanol–water partition coefficient (Wildman–Crippen LogP) is 5.39. The van der Waals surface area contributed by atoms with Crippen molar-refractivity contribution in [2.45, 2.75) is 4.90 Å². The SMILES string of the molecule is Sc1ccccc1Nc1cccc(-c2ccccc2)c1. The van der Waals surface area contributed by atoms with Gasteiger partial charge in [-0.2, -0.15) is 0 Å². The third-order valence-electron chi connectivity index (χ3n) is 3.15. The Morgan fingerprint density at radius 1 is 0.650 bits per heavy atom. The van der Waals surface area contributed by atoms with Crippen LogP contribution in [0.25, 0.3) is 11.1 Å². The maximum Gasteiger partial charge on any atom is 0.0519 e. The van der Waals surface area contributed by atoms with Gasteiger partial charge in [0.05, 0.1) is 5.69 Å². The fourth-order valence-electron chi connectivity index (χ4n) is 2.14. The molecule has 98 valence electrons. The molecule has 0 saturated heterocycles. The zero-order chi connectivity index (χ0) is 13.8. The summed E-state index contributed by atoms with van der Waals surface area (Å²) in [5.41, 5.74) is 4.50. The van der Waals surface area contributed by atoms with Crippen LogP contribution < -0.4 is 5.32 Å². The highest BCUT2D eigenvalue weighted by atomic mass is 32.1. The molecule has 3 aromatic rings. The third kappa shape index (κ3) is 2.86. The van der Waals surface area contributed by atoms with Crippen LogP contribution in [0, 0.1) is 0 Å². The van der Waals surface area contributed by atoms with Gasteiger partial charge in [0.15, 0.2) is 0 Å². The number of para-hydroxylation sites is 1. The summed E-state index contributed by atoms with van der Waals surface area (Å²) in [7, 11) is 0. The Morgan fingerprint density at radius 2 is 1.35 bits per heavy atom. The molecule has 3 aromatic carbocycles. The zero-order valence-electron chi connectivity index (χ0n) is 11.0. The largest absolute Gasteiger partial charge is 0.355 e. The van der Waals surface area contributed by atoms with Gasteiger partial charge in [-0.25, -0.2) is 0 Å². The summed E-state index contributed by atoms with van der Waals surface area (Å²) in [4.78, 5) is 0.942. The highest BCUT2D eigenvalue weighted by molar-refractivity contribution is 7.80. The molecule has 1 nitrogen and oxygen atoms in total. The van der Waals surface area contributed by atoms with Crippen molar-refractivity contribution in [2.24, 2.45) is 0 Å². The molecule has 0 aliphatic carbocycles. The molecule has 0 unspecified atom stereocenters. The van der Waals surface area contributed by atoms with E-state index in [0.29, 0.717) is 0 Å². The Kier molecular flexibility index (Phi) is 3.75. The van der Waals surface area contributed by atoms with Crippen molar-refractivity contribution in [3.05, 3.63) is 78.9 Å². The summed E-state index contributed by atoms with van der Waals surface area (Å²) in [5, 5.41) is 3.41. The van der Waals surface area contributed by atoms with Crippen molar-refractivity contribution in [3.63, 3.8) is 0 Å². The molecule has 20 heavy (non-hydrogen) atoms. The normalized spacial score (nSPS) is 10.2. The molecule has 0 radical (unpaired) electrons. The van der Waals surface area contributed by atoms with Gasteiger partial charge in [0.2, 0.25) is 0 Å². The van der Waals surface area contributed by atoms with Gasteiger partial charge in [0, 0.05) is 10.6 Å². The van der Waals surface area contributed by atoms with Crippen molar-refractivity contribution < 1.29 is 0 Å². The standard InChI is InChI=1S/C18H15NS/c20-18-12-5-4-11-17(18)19-16-10-6-9-15(13-16)14-7-2-1-3-8-14/h1-13,19-20H. The minimum absolute atomic E-state index is 0.942. The summed E-state index contributed by atoms with van der Waals surface area (Å²) >= 11 is 4.46. The smallest absolute Gasteiger partial charge is 0.0519 e. The van der Waals surface area contributed by atoms with E-state index in [2.05, 4.69) is 66.5 Å². The molecule has 0 aromatic heterocycles. The maximum absolute atomic E-state index is 4.46. The minimum Gasteiger partial charge on any atom is -0.355 e. The van der Waals surface area contributed by atoms with Crippen LogP contribution in [-0.4, -0.2) is 0 Å². The number of hydrogen-bond donors (Lipinski definition) is 2. The molecule has 1 N–H and O–H groups in total. The van der Waals surface area contributed by atoms with Crippen LogP contribution in [0.3, 0.4) is 0 Å². The second-order valence-electron chi connectivity index (χ2n) is 4.59. The van der Waals surface area contributed by atoms with Crippen LogP contribution in [0.1, 0.15) is 0 Å². The van der Waals surface area contributed by atoms with E-state index in [1.54, 1.807) is 0 Å². The van der Waals surface area contributed by atoms with Crippen molar-refractivity contribution in [2.75, 3.05) is 5.32 Å². The van der Waals surface area contributed by atoms with Crippen molar-refractivity contribution in [1.29, 1.82) is 0 Å². The van der Waals surface area contributed by atoms with E-state index in [4.69, 9.17) is 0 Å². The Morgan fingerprint density at radius 3 is 2.15 bits per heavy atom. The molecule has 0 spiro atoms. The number of hydrogen-bond acceptors (Lipinski definition) is 2. The van der Waals surface area contributed by atoms with E-state index < -0.39 is 0 Å². The van der Waals surface area contributed by atoms with Gasteiger partial charge in [-0.1, -0.05) is 54.6 Å². The van der Waals surface area contributed by atoms with Gasteiger partial charge in [0.1, 0.15) is 0 Å². The van der Waals surface area contributed by atoms with Crippen LogP contribution in [0.15, 0.2) is 83.8 Å². The summed E-state index contributed by atoms with van der Waals surface area (Å²) < 4.78 is 0. The van der Waals surface area contributed by atoms with E-state index in [1.165, 1.54) is 11.1 Å². The first-order valence-electron chi connectivity index (χ1n) is 6.53. The third-order valence-corrected chi connectivity index (χ3v) is 3.54. The van der Waals surface area contributed by atoms with Crippen molar-refractivity contribution in [1.82, 2.24) is 0 Å². The van der Waals surface area contributed by atoms with Gasteiger partial charge in [-0.05, 0) is 35.4 Å². The molecular formula is C18H15NS. The molecule has 2 heteroatoms. The van der Waals surface area contributed by atoms with Crippen LogP contribution in [0.4, 0.5) is 11.4 Å². The Balaban J connectivity index is 1.91. The first-order valence-corrected chi connectivity index (χ1v) is 6.98.